The third-order valence-corrected chi connectivity index (χ3v) is 5.30. The number of anilines is 1. The molecule has 0 aliphatic carbocycles. The van der Waals surface area contributed by atoms with Gasteiger partial charge in [-0.05, 0) is 45.9 Å². The van der Waals surface area contributed by atoms with E-state index in [2.05, 4.69) is 37.6 Å². The minimum atomic E-state index is -0.399. The Morgan fingerprint density at radius 3 is 2.71 bits per heavy atom. The lowest BCUT2D eigenvalue weighted by Crippen LogP contribution is -2.45. The van der Waals surface area contributed by atoms with E-state index in [1.165, 1.54) is 7.11 Å². The fraction of sp³-hybridized carbons (Fsp3) is 0.381. The Morgan fingerprint density at radius 2 is 2.04 bits per heavy atom. The van der Waals surface area contributed by atoms with Crippen LogP contribution in [-0.2, 0) is 11.3 Å². The predicted molar refractivity (Wildman–Crippen MR) is 109 cm³/mol. The van der Waals surface area contributed by atoms with Gasteiger partial charge in [-0.25, -0.2) is 9.78 Å². The van der Waals surface area contributed by atoms with Gasteiger partial charge in [-0.15, -0.1) is 0 Å². The fourth-order valence-corrected chi connectivity index (χ4v) is 4.21. The Morgan fingerprint density at radius 1 is 1.29 bits per heavy atom. The zero-order valence-electron chi connectivity index (χ0n) is 16.7. The van der Waals surface area contributed by atoms with Gasteiger partial charge in [0.15, 0.2) is 0 Å². The molecule has 0 amide bonds. The van der Waals surface area contributed by atoms with E-state index in [0.29, 0.717) is 23.8 Å². The largest absolute Gasteiger partial charge is 0.465 e. The summed E-state index contributed by atoms with van der Waals surface area (Å²) >= 11 is 0. The van der Waals surface area contributed by atoms with Gasteiger partial charge in [-0.2, -0.15) is 0 Å². The van der Waals surface area contributed by atoms with Crippen LogP contribution >= 0.6 is 0 Å². The molecule has 2 aromatic heterocycles. The van der Waals surface area contributed by atoms with Crippen LogP contribution in [0, 0.1) is 0 Å². The number of carbonyl (C=O) groups is 1. The average Bonchev–Trinajstić information content (AvgIpc) is 3.17. The quantitative estimate of drug-likeness (QED) is 0.706. The first kappa shape index (κ1) is 18.3. The number of fused-ring (bicyclic) bond motifs is 2. The van der Waals surface area contributed by atoms with Crippen LogP contribution in [0.5, 0.6) is 0 Å². The summed E-state index contributed by atoms with van der Waals surface area (Å²) in [6.07, 6.45) is 1.82. The van der Waals surface area contributed by atoms with E-state index in [4.69, 9.17) is 9.72 Å². The Hall–Kier alpha value is -3.09. The maximum atomic E-state index is 12.9. The van der Waals surface area contributed by atoms with Crippen LogP contribution in [-0.4, -0.2) is 39.2 Å². The first-order valence-electron chi connectivity index (χ1n) is 9.34. The molecule has 146 valence electrons. The van der Waals surface area contributed by atoms with Crippen LogP contribution in [0.15, 0.2) is 35.3 Å². The molecule has 7 nitrogen and oxygen atoms in total. The van der Waals surface area contributed by atoms with Crippen molar-refractivity contribution in [3.8, 4) is 11.3 Å². The summed E-state index contributed by atoms with van der Waals surface area (Å²) < 4.78 is 6.56. The molecule has 0 bridgehead atoms. The van der Waals surface area contributed by atoms with E-state index < -0.39 is 5.97 Å². The highest BCUT2D eigenvalue weighted by molar-refractivity contribution is 6.00. The van der Waals surface area contributed by atoms with Gasteiger partial charge >= 0.3 is 5.97 Å². The lowest BCUT2D eigenvalue weighted by Gasteiger charge is -2.35. The second-order valence-corrected chi connectivity index (χ2v) is 8.10. The van der Waals surface area contributed by atoms with Crippen LogP contribution in [0.3, 0.4) is 0 Å². The van der Waals surface area contributed by atoms with Crippen molar-refractivity contribution < 1.29 is 9.53 Å². The molecular formula is C21H24N4O3. The summed E-state index contributed by atoms with van der Waals surface area (Å²) in [6.45, 7) is 9.05. The molecule has 0 saturated carbocycles. The van der Waals surface area contributed by atoms with Gasteiger partial charge in [0, 0.05) is 34.8 Å². The highest BCUT2D eigenvalue weighted by Crippen LogP contribution is 2.35. The minimum Gasteiger partial charge on any atom is -0.465 e. The number of aromatic amines is 1. The molecule has 0 radical (unpaired) electrons. The number of benzene rings is 1. The van der Waals surface area contributed by atoms with E-state index in [9.17, 15) is 9.59 Å². The lowest BCUT2D eigenvalue weighted by molar-refractivity contribution is 0.0601. The van der Waals surface area contributed by atoms with Crippen molar-refractivity contribution >= 4 is 22.8 Å². The zero-order valence-corrected chi connectivity index (χ0v) is 16.7. The summed E-state index contributed by atoms with van der Waals surface area (Å²) in [7, 11) is 1.36. The first-order chi connectivity index (χ1) is 13.2. The number of esters is 1. The summed E-state index contributed by atoms with van der Waals surface area (Å²) in [5.41, 5.74) is 2.44. The molecule has 1 N–H and O–H groups in total. The number of nitrogens with zero attached hydrogens (tertiary/aromatic N) is 3. The van der Waals surface area contributed by atoms with Crippen LogP contribution < -0.4 is 10.5 Å². The van der Waals surface area contributed by atoms with Crippen LogP contribution in [0.4, 0.5) is 5.95 Å². The highest BCUT2D eigenvalue weighted by Gasteiger charge is 2.39. The molecule has 4 rings (SSSR count). The summed E-state index contributed by atoms with van der Waals surface area (Å²) in [6, 6.07) is 7.08. The molecule has 0 fully saturated rings. The smallest absolute Gasteiger partial charge is 0.337 e. The van der Waals surface area contributed by atoms with Crippen LogP contribution in [0.25, 0.3) is 22.2 Å². The third-order valence-electron chi connectivity index (χ3n) is 5.30. The van der Waals surface area contributed by atoms with Crippen molar-refractivity contribution in [2.75, 3.05) is 12.0 Å². The van der Waals surface area contributed by atoms with Crippen molar-refractivity contribution in [2.45, 2.75) is 45.8 Å². The Labute approximate surface area is 163 Å². The second kappa shape index (κ2) is 6.22. The highest BCUT2D eigenvalue weighted by atomic mass is 16.5. The molecule has 7 heteroatoms. The van der Waals surface area contributed by atoms with Gasteiger partial charge < -0.3 is 14.6 Å². The van der Waals surface area contributed by atoms with Gasteiger partial charge in [0.05, 0.1) is 30.5 Å². The molecular weight excluding hydrogens is 356 g/mol. The van der Waals surface area contributed by atoms with Gasteiger partial charge in [0.25, 0.3) is 5.56 Å². The van der Waals surface area contributed by atoms with E-state index >= 15 is 0 Å². The molecule has 3 heterocycles. The average molecular weight is 380 g/mol. The van der Waals surface area contributed by atoms with Crippen molar-refractivity contribution in [1.29, 1.82) is 0 Å². The Kier molecular flexibility index (Phi) is 4.06. The number of H-pyrrole nitrogens is 1. The number of hydrogen-bond donors (Lipinski definition) is 1. The molecule has 3 aromatic rings. The molecule has 1 aliphatic rings. The monoisotopic (exact) mass is 380 g/mol. The Bertz CT molecular complexity index is 1140. The molecule has 0 atom stereocenters. The van der Waals surface area contributed by atoms with Crippen molar-refractivity contribution in [3.63, 3.8) is 0 Å². The van der Waals surface area contributed by atoms with Crippen molar-refractivity contribution in [3.05, 3.63) is 46.4 Å². The van der Waals surface area contributed by atoms with E-state index in [-0.39, 0.29) is 17.1 Å². The number of methoxy groups -OCH3 is 1. The lowest BCUT2D eigenvalue weighted by atomic mass is 10.0. The molecule has 28 heavy (non-hydrogen) atoms. The number of ether oxygens (including phenoxy) is 1. The topological polar surface area (TPSA) is 80.2 Å². The van der Waals surface area contributed by atoms with Gasteiger partial charge in [0.1, 0.15) is 0 Å². The SMILES string of the molecule is COC(=O)c1ccc2[nH]cc(-c3cc(=O)n4c(n3)N(C(C)C)C(C)(C)C4)c2c1. The maximum Gasteiger partial charge on any atom is 0.337 e. The molecule has 1 aliphatic heterocycles. The maximum absolute atomic E-state index is 12.9. The van der Waals surface area contributed by atoms with Gasteiger partial charge in [-0.3, -0.25) is 9.36 Å². The number of carbonyl (C=O) groups excluding carboxylic acids is 1. The molecule has 0 unspecified atom stereocenters. The second-order valence-electron chi connectivity index (χ2n) is 8.10. The number of aromatic nitrogens is 3. The number of rotatable bonds is 3. The summed E-state index contributed by atoms with van der Waals surface area (Å²) in [5.74, 6) is 0.282. The molecule has 0 saturated heterocycles. The van der Waals surface area contributed by atoms with Crippen molar-refractivity contribution in [2.24, 2.45) is 0 Å². The van der Waals surface area contributed by atoms with Gasteiger partial charge in [0.2, 0.25) is 5.95 Å². The standard InChI is InChI=1S/C21H24N4O3/c1-12(2)25-20-23-17(9-18(26)24(20)11-21(25,3)4)15-10-22-16-7-6-13(8-14(15)16)19(27)28-5/h6-10,12,22H,11H2,1-5H3. The minimum absolute atomic E-state index is 0.0744. The summed E-state index contributed by atoms with van der Waals surface area (Å²) in [5, 5.41) is 0.827. The Balaban J connectivity index is 1.90. The predicted octanol–water partition coefficient (Wildman–Crippen LogP) is 3.19. The van der Waals surface area contributed by atoms with E-state index in [0.717, 1.165) is 16.5 Å². The number of nitrogens with one attached hydrogen (secondary N) is 1. The first-order valence-corrected chi connectivity index (χ1v) is 9.34. The third kappa shape index (κ3) is 2.69. The van der Waals surface area contributed by atoms with Crippen LogP contribution in [0.2, 0.25) is 0 Å². The summed E-state index contributed by atoms with van der Waals surface area (Å²) in [4.78, 5) is 35.0. The number of hydrogen-bond acceptors (Lipinski definition) is 5. The van der Waals surface area contributed by atoms with Crippen molar-refractivity contribution in [1.82, 2.24) is 14.5 Å². The molecule has 1 aromatic carbocycles. The van der Waals surface area contributed by atoms with E-state index in [1.54, 1.807) is 22.8 Å². The van der Waals surface area contributed by atoms with Gasteiger partial charge in [-0.1, -0.05) is 0 Å². The normalized spacial score (nSPS) is 15.3. The van der Waals surface area contributed by atoms with Crippen LogP contribution in [0.1, 0.15) is 38.1 Å². The molecule has 0 spiro atoms. The zero-order chi connectivity index (χ0) is 20.2. The van der Waals surface area contributed by atoms with E-state index in [1.807, 2.05) is 12.3 Å². The fourth-order valence-electron chi connectivity index (χ4n) is 4.21.